The molecule has 31 heavy (non-hydrogen) atoms. The molecule has 0 fully saturated rings. The highest BCUT2D eigenvalue weighted by atomic mass is 35.5. The normalized spacial score (nSPS) is 10.9. The third-order valence-corrected chi connectivity index (χ3v) is 5.83. The molecule has 0 radical (unpaired) electrons. The lowest BCUT2D eigenvalue weighted by atomic mass is 10.1. The van der Waals surface area contributed by atoms with E-state index in [0.29, 0.717) is 11.3 Å². The minimum Gasteiger partial charge on any atom is -0.465 e. The highest BCUT2D eigenvalue weighted by Crippen LogP contribution is 2.22. The smallest absolute Gasteiger partial charge is 0.337 e. The number of carbonyl (C=O) groups excluding carboxylic acids is 2. The maximum Gasteiger partial charge on any atom is 0.337 e. The van der Waals surface area contributed by atoms with Crippen LogP contribution in [0, 0.1) is 5.82 Å². The van der Waals surface area contributed by atoms with Gasteiger partial charge in [-0.05, 0) is 66.7 Å². The zero-order valence-electron chi connectivity index (χ0n) is 16.1. The van der Waals surface area contributed by atoms with Crippen LogP contribution in [0.4, 0.5) is 15.8 Å². The largest absolute Gasteiger partial charge is 0.465 e. The second-order valence-corrected chi connectivity index (χ2v) is 8.37. The zero-order chi connectivity index (χ0) is 22.6. The Bertz CT molecular complexity index is 1230. The first-order valence-corrected chi connectivity index (χ1v) is 10.6. The van der Waals surface area contributed by atoms with Gasteiger partial charge in [0.2, 0.25) is 0 Å². The van der Waals surface area contributed by atoms with Gasteiger partial charge in [-0.2, -0.15) is 0 Å². The van der Waals surface area contributed by atoms with E-state index in [-0.39, 0.29) is 21.2 Å². The number of anilines is 2. The monoisotopic (exact) mass is 462 g/mol. The number of halogens is 2. The first-order valence-electron chi connectivity index (χ1n) is 8.77. The van der Waals surface area contributed by atoms with E-state index < -0.39 is 27.7 Å². The highest BCUT2D eigenvalue weighted by Gasteiger charge is 2.16. The van der Waals surface area contributed by atoms with Crippen LogP contribution in [0.5, 0.6) is 0 Å². The molecule has 3 aromatic carbocycles. The van der Waals surface area contributed by atoms with E-state index in [1.807, 2.05) is 0 Å². The molecule has 3 rings (SSSR count). The first-order chi connectivity index (χ1) is 14.7. The lowest BCUT2D eigenvalue weighted by molar-refractivity contribution is 0.0600. The van der Waals surface area contributed by atoms with Gasteiger partial charge in [0.1, 0.15) is 5.82 Å². The third kappa shape index (κ3) is 5.39. The Labute approximate surface area is 182 Å². The molecule has 0 aromatic heterocycles. The number of esters is 1. The van der Waals surface area contributed by atoms with E-state index in [9.17, 15) is 22.4 Å². The number of rotatable bonds is 6. The summed E-state index contributed by atoms with van der Waals surface area (Å²) in [6.45, 7) is 0. The van der Waals surface area contributed by atoms with Crippen LogP contribution < -0.4 is 10.0 Å². The summed E-state index contributed by atoms with van der Waals surface area (Å²) >= 11 is 5.64. The van der Waals surface area contributed by atoms with Crippen molar-refractivity contribution in [3.8, 4) is 0 Å². The SMILES string of the molecule is COC(=O)c1ccc(NC(=O)c2ccc(NS(=O)(=O)c3ccc(F)c(Cl)c3)cc2)cc1. The van der Waals surface area contributed by atoms with Crippen LogP contribution >= 0.6 is 11.6 Å². The van der Waals surface area contributed by atoms with E-state index in [2.05, 4.69) is 14.8 Å². The minimum absolute atomic E-state index is 0.198. The predicted octanol–water partition coefficient (Wildman–Crippen LogP) is 4.32. The van der Waals surface area contributed by atoms with E-state index in [0.717, 1.165) is 18.2 Å². The molecule has 7 nitrogen and oxygen atoms in total. The van der Waals surface area contributed by atoms with Crippen LogP contribution in [0.25, 0.3) is 0 Å². The summed E-state index contributed by atoms with van der Waals surface area (Å²) in [7, 11) is -2.71. The maximum atomic E-state index is 13.3. The van der Waals surface area contributed by atoms with E-state index in [1.165, 1.54) is 43.5 Å². The number of benzene rings is 3. The molecular formula is C21H16ClFN2O5S. The second kappa shape index (κ2) is 9.15. The fourth-order valence-corrected chi connectivity index (χ4v) is 3.89. The van der Waals surface area contributed by atoms with Crippen molar-refractivity contribution in [1.82, 2.24) is 0 Å². The highest BCUT2D eigenvalue weighted by molar-refractivity contribution is 7.92. The van der Waals surface area contributed by atoms with Crippen molar-refractivity contribution in [2.24, 2.45) is 0 Å². The lowest BCUT2D eigenvalue weighted by Crippen LogP contribution is -2.14. The number of sulfonamides is 1. The van der Waals surface area contributed by atoms with E-state index in [4.69, 9.17) is 11.6 Å². The number of nitrogens with one attached hydrogen (secondary N) is 2. The number of hydrogen-bond acceptors (Lipinski definition) is 5. The Morgan fingerprint density at radius 2 is 1.48 bits per heavy atom. The summed E-state index contributed by atoms with van der Waals surface area (Å²) in [6, 6.07) is 14.9. The molecule has 0 aliphatic heterocycles. The van der Waals surface area contributed by atoms with Crippen LogP contribution in [0.15, 0.2) is 71.6 Å². The average Bonchev–Trinajstić information content (AvgIpc) is 2.75. The number of ether oxygens (including phenoxy) is 1. The molecule has 0 saturated heterocycles. The molecule has 0 saturated carbocycles. The summed E-state index contributed by atoms with van der Waals surface area (Å²) in [5, 5.41) is 2.36. The Morgan fingerprint density at radius 3 is 2.06 bits per heavy atom. The van der Waals surface area contributed by atoms with E-state index >= 15 is 0 Å². The van der Waals surface area contributed by atoms with Crippen molar-refractivity contribution in [3.05, 3.63) is 88.7 Å². The molecule has 0 unspecified atom stereocenters. The molecule has 3 aromatic rings. The standard InChI is InChI=1S/C21H16ClFN2O5S/c1-30-21(27)14-4-6-15(7-5-14)24-20(26)13-2-8-16(9-3-13)25-31(28,29)17-10-11-19(23)18(22)12-17/h2-12,25H,1H3,(H,24,26). The van der Waals surface area contributed by atoms with Gasteiger partial charge in [-0.3, -0.25) is 9.52 Å². The molecule has 0 atom stereocenters. The van der Waals surface area contributed by atoms with Crippen molar-refractivity contribution in [2.45, 2.75) is 4.90 Å². The Morgan fingerprint density at radius 1 is 0.903 bits per heavy atom. The van der Waals surface area contributed by atoms with Gasteiger partial charge in [0.25, 0.3) is 15.9 Å². The molecular weight excluding hydrogens is 447 g/mol. The average molecular weight is 463 g/mol. The Hall–Kier alpha value is -3.43. The van der Waals surface area contributed by atoms with Crippen molar-refractivity contribution >= 4 is 44.9 Å². The van der Waals surface area contributed by atoms with Crippen molar-refractivity contribution in [1.29, 1.82) is 0 Å². The lowest BCUT2D eigenvalue weighted by Gasteiger charge is -2.10. The van der Waals surface area contributed by atoms with Gasteiger partial charge in [-0.15, -0.1) is 0 Å². The molecule has 0 spiro atoms. The van der Waals surface area contributed by atoms with Gasteiger partial charge < -0.3 is 10.1 Å². The summed E-state index contributed by atoms with van der Waals surface area (Å²) < 4.78 is 45.0. The van der Waals surface area contributed by atoms with Gasteiger partial charge in [0.15, 0.2) is 0 Å². The van der Waals surface area contributed by atoms with Crippen LogP contribution in [0.1, 0.15) is 20.7 Å². The van der Waals surface area contributed by atoms with Crippen molar-refractivity contribution in [2.75, 3.05) is 17.1 Å². The Kier molecular flexibility index (Phi) is 6.57. The van der Waals surface area contributed by atoms with Crippen molar-refractivity contribution < 1.29 is 27.1 Å². The molecule has 0 aliphatic carbocycles. The molecule has 2 N–H and O–H groups in total. The molecule has 160 valence electrons. The molecule has 1 amide bonds. The first kappa shape index (κ1) is 22.3. The summed E-state index contributed by atoms with van der Waals surface area (Å²) in [5.74, 6) is -1.64. The minimum atomic E-state index is -3.99. The van der Waals surface area contributed by atoms with Crippen LogP contribution in [0.3, 0.4) is 0 Å². The summed E-state index contributed by atoms with van der Waals surface area (Å²) in [6.07, 6.45) is 0. The van der Waals surface area contributed by atoms with Gasteiger partial charge in [-0.1, -0.05) is 11.6 Å². The third-order valence-electron chi connectivity index (χ3n) is 4.16. The fraction of sp³-hybridized carbons (Fsp3) is 0.0476. The van der Waals surface area contributed by atoms with Crippen LogP contribution in [0.2, 0.25) is 5.02 Å². The molecule has 10 heteroatoms. The van der Waals surface area contributed by atoms with Gasteiger partial charge in [-0.25, -0.2) is 17.6 Å². The van der Waals surface area contributed by atoms with Crippen molar-refractivity contribution in [3.63, 3.8) is 0 Å². The molecule has 0 bridgehead atoms. The molecule has 0 heterocycles. The quantitative estimate of drug-likeness (QED) is 0.531. The number of amides is 1. The fourth-order valence-electron chi connectivity index (χ4n) is 2.56. The van der Waals surface area contributed by atoms with Crippen LogP contribution in [-0.2, 0) is 14.8 Å². The maximum absolute atomic E-state index is 13.3. The van der Waals surface area contributed by atoms with Crippen LogP contribution in [-0.4, -0.2) is 27.4 Å². The second-order valence-electron chi connectivity index (χ2n) is 6.28. The number of methoxy groups -OCH3 is 1. The van der Waals surface area contributed by atoms with E-state index in [1.54, 1.807) is 12.1 Å². The predicted molar refractivity (Wildman–Crippen MR) is 114 cm³/mol. The zero-order valence-corrected chi connectivity index (χ0v) is 17.6. The topological polar surface area (TPSA) is 102 Å². The van der Waals surface area contributed by atoms with Gasteiger partial charge in [0, 0.05) is 16.9 Å². The summed E-state index contributed by atoms with van der Waals surface area (Å²) in [5.41, 5.74) is 1.31. The number of carbonyl (C=O) groups is 2. The van der Waals surface area contributed by atoms with Gasteiger partial charge >= 0.3 is 5.97 Å². The number of hydrogen-bond donors (Lipinski definition) is 2. The van der Waals surface area contributed by atoms with Gasteiger partial charge in [0.05, 0.1) is 22.6 Å². The summed E-state index contributed by atoms with van der Waals surface area (Å²) in [4.78, 5) is 23.6. The Balaban J connectivity index is 1.68. The molecule has 0 aliphatic rings.